The Hall–Kier alpha value is -3.00. The van der Waals surface area contributed by atoms with E-state index in [-0.39, 0.29) is 51.7 Å². The number of fused-ring (bicyclic) bond motifs is 3. The fraction of sp³-hybridized carbons (Fsp3) is 0.407. The first-order valence-corrected chi connectivity index (χ1v) is 12.8. The van der Waals surface area contributed by atoms with Gasteiger partial charge in [0, 0.05) is 29.7 Å². The van der Waals surface area contributed by atoms with Crippen LogP contribution in [0.25, 0.3) is 0 Å². The molecule has 4 atom stereocenters. The van der Waals surface area contributed by atoms with Crippen LogP contribution in [-0.2, 0) is 19.2 Å². The third-order valence-corrected chi connectivity index (χ3v) is 8.08. The molecule has 2 amide bonds. The average Bonchev–Trinajstić information content (AvgIpc) is 3.08. The molecule has 0 aromatic heterocycles. The predicted octanol–water partition coefficient (Wildman–Crippen LogP) is 3.96. The lowest BCUT2D eigenvalue weighted by molar-refractivity contribution is -0.140. The molecule has 3 aliphatic carbocycles. The maximum absolute atomic E-state index is 13.4. The van der Waals surface area contributed by atoms with Gasteiger partial charge in [-0.3, -0.25) is 24.1 Å². The summed E-state index contributed by atoms with van der Waals surface area (Å²) in [6.45, 7) is 4.47. The first-order valence-electron chi connectivity index (χ1n) is 12.0. The molecule has 8 heteroatoms. The summed E-state index contributed by atoms with van der Waals surface area (Å²) in [6, 6.07) is 4.93. The Morgan fingerprint density at radius 1 is 1.11 bits per heavy atom. The summed E-state index contributed by atoms with van der Waals surface area (Å²) in [7, 11) is 0. The SMILES string of the molecule is CCCN1C(=O)C2CC=C3C(c4ccc(O)c(OCC)c4)C4=C(CC3C2C1=O)C(=O)C(Br)=CC4=O. The summed E-state index contributed by atoms with van der Waals surface area (Å²) in [5.41, 5.74) is 2.36. The largest absolute Gasteiger partial charge is 0.504 e. The molecule has 4 aliphatic rings. The van der Waals surface area contributed by atoms with Crippen LogP contribution in [-0.4, -0.2) is 46.5 Å². The Labute approximate surface area is 211 Å². The van der Waals surface area contributed by atoms with Gasteiger partial charge in [0.05, 0.1) is 22.9 Å². The molecule has 1 heterocycles. The number of ether oxygens (including phenoxy) is 1. The normalized spacial score (nSPS) is 27.9. The lowest BCUT2D eigenvalue weighted by Gasteiger charge is -2.42. The van der Waals surface area contributed by atoms with Gasteiger partial charge in [-0.05, 0) is 65.7 Å². The van der Waals surface area contributed by atoms with Crippen molar-refractivity contribution in [3.05, 3.63) is 57.1 Å². The van der Waals surface area contributed by atoms with Crippen molar-refractivity contribution in [1.29, 1.82) is 0 Å². The molecule has 0 radical (unpaired) electrons. The molecule has 1 aliphatic heterocycles. The van der Waals surface area contributed by atoms with Crippen LogP contribution in [0.2, 0.25) is 0 Å². The van der Waals surface area contributed by atoms with E-state index >= 15 is 0 Å². The first kappa shape index (κ1) is 23.7. The number of allylic oxidation sites excluding steroid dienone is 6. The Morgan fingerprint density at radius 2 is 1.89 bits per heavy atom. The van der Waals surface area contributed by atoms with Crippen molar-refractivity contribution in [3.63, 3.8) is 0 Å². The summed E-state index contributed by atoms with van der Waals surface area (Å²) in [5.74, 6) is -2.53. The maximum atomic E-state index is 13.4. The number of rotatable bonds is 5. The van der Waals surface area contributed by atoms with Gasteiger partial charge in [0.15, 0.2) is 23.1 Å². The number of amides is 2. The van der Waals surface area contributed by atoms with Crippen LogP contribution in [0, 0.1) is 17.8 Å². The van der Waals surface area contributed by atoms with Crippen LogP contribution < -0.4 is 4.74 Å². The fourth-order valence-corrected chi connectivity index (χ4v) is 6.52. The molecule has 0 bridgehead atoms. The summed E-state index contributed by atoms with van der Waals surface area (Å²) in [6.07, 6.45) is 4.62. The zero-order valence-electron chi connectivity index (χ0n) is 19.5. The highest BCUT2D eigenvalue weighted by molar-refractivity contribution is 9.12. The van der Waals surface area contributed by atoms with Crippen molar-refractivity contribution >= 4 is 39.3 Å². The van der Waals surface area contributed by atoms with Crippen molar-refractivity contribution < 1.29 is 29.0 Å². The third kappa shape index (κ3) is 3.61. The van der Waals surface area contributed by atoms with Gasteiger partial charge in [-0.25, -0.2) is 0 Å². The minimum atomic E-state index is -0.569. The van der Waals surface area contributed by atoms with Crippen molar-refractivity contribution in [2.75, 3.05) is 13.2 Å². The number of hydrogen-bond donors (Lipinski definition) is 1. The average molecular weight is 540 g/mol. The van der Waals surface area contributed by atoms with Crippen LogP contribution >= 0.6 is 15.9 Å². The van der Waals surface area contributed by atoms with E-state index in [0.717, 1.165) is 5.57 Å². The number of hydrogen-bond acceptors (Lipinski definition) is 6. The van der Waals surface area contributed by atoms with Gasteiger partial charge in [0.1, 0.15) is 0 Å². The Balaban J connectivity index is 1.67. The van der Waals surface area contributed by atoms with E-state index in [4.69, 9.17) is 4.74 Å². The van der Waals surface area contributed by atoms with Gasteiger partial charge < -0.3 is 9.84 Å². The van der Waals surface area contributed by atoms with Gasteiger partial charge in [-0.1, -0.05) is 24.6 Å². The van der Waals surface area contributed by atoms with Crippen molar-refractivity contribution in [1.82, 2.24) is 4.90 Å². The first-order chi connectivity index (χ1) is 16.8. The second-order valence-electron chi connectivity index (χ2n) is 9.38. The molecule has 5 rings (SSSR count). The van der Waals surface area contributed by atoms with E-state index in [1.165, 1.54) is 17.0 Å². The highest BCUT2D eigenvalue weighted by Gasteiger charge is 2.56. The van der Waals surface area contributed by atoms with Crippen LogP contribution in [0.15, 0.2) is 51.6 Å². The molecule has 0 spiro atoms. The van der Waals surface area contributed by atoms with E-state index in [9.17, 15) is 24.3 Å². The van der Waals surface area contributed by atoms with Gasteiger partial charge in [0.2, 0.25) is 11.8 Å². The van der Waals surface area contributed by atoms with Gasteiger partial charge >= 0.3 is 0 Å². The number of halogens is 1. The van der Waals surface area contributed by atoms with E-state index in [2.05, 4.69) is 15.9 Å². The molecular weight excluding hydrogens is 514 g/mol. The quantitative estimate of drug-likeness (QED) is 0.345. The Bertz CT molecular complexity index is 1260. The second kappa shape index (κ2) is 8.90. The molecule has 7 nitrogen and oxygen atoms in total. The molecule has 182 valence electrons. The molecule has 1 saturated heterocycles. The van der Waals surface area contributed by atoms with Crippen LogP contribution in [0.5, 0.6) is 11.5 Å². The molecule has 1 aromatic rings. The summed E-state index contributed by atoms with van der Waals surface area (Å²) >= 11 is 3.23. The van der Waals surface area contributed by atoms with E-state index in [1.54, 1.807) is 12.1 Å². The monoisotopic (exact) mass is 539 g/mol. The van der Waals surface area contributed by atoms with Crippen LogP contribution in [0.4, 0.5) is 0 Å². The highest BCUT2D eigenvalue weighted by atomic mass is 79.9. The number of imide groups is 1. The molecule has 1 aromatic carbocycles. The highest BCUT2D eigenvalue weighted by Crippen LogP contribution is 2.55. The van der Waals surface area contributed by atoms with Crippen molar-refractivity contribution in [3.8, 4) is 11.5 Å². The zero-order chi connectivity index (χ0) is 25.0. The summed E-state index contributed by atoms with van der Waals surface area (Å²) < 4.78 is 5.78. The molecule has 1 N–H and O–H groups in total. The number of carbonyl (C=O) groups excluding carboxylic acids is 4. The molecule has 0 saturated carbocycles. The molecule has 35 heavy (non-hydrogen) atoms. The number of phenolic OH excluding ortho intramolecular Hbond substituents is 1. The van der Waals surface area contributed by atoms with Crippen molar-refractivity contribution in [2.45, 2.75) is 39.0 Å². The smallest absolute Gasteiger partial charge is 0.233 e. The van der Waals surface area contributed by atoms with E-state index in [1.807, 2.05) is 19.9 Å². The summed E-state index contributed by atoms with van der Waals surface area (Å²) in [5, 5.41) is 10.2. The lowest BCUT2D eigenvalue weighted by Crippen LogP contribution is -2.39. The molecule has 4 unspecified atom stereocenters. The van der Waals surface area contributed by atoms with Crippen molar-refractivity contribution in [2.24, 2.45) is 17.8 Å². The van der Waals surface area contributed by atoms with Crippen LogP contribution in [0.3, 0.4) is 0 Å². The standard InChI is InChI=1S/C27H26BrNO6/c1-3-9-29-26(33)15-7-6-14-16(23(15)27(29)34)11-17-24(20(31)12-18(28)25(17)32)22(14)13-5-8-19(30)21(10-13)35-4-2/h5-6,8,10,12,15-16,22-23,30H,3-4,7,9,11H2,1-2H3. The molecular formula is C27H26BrNO6. The zero-order valence-corrected chi connectivity index (χ0v) is 21.1. The number of carbonyl (C=O) groups is 4. The van der Waals surface area contributed by atoms with E-state index in [0.29, 0.717) is 42.7 Å². The number of nitrogens with zero attached hydrogens (tertiary/aromatic N) is 1. The minimum absolute atomic E-state index is 0.0182. The molecule has 1 fully saturated rings. The maximum Gasteiger partial charge on any atom is 0.233 e. The van der Waals surface area contributed by atoms with E-state index < -0.39 is 17.8 Å². The predicted molar refractivity (Wildman–Crippen MR) is 131 cm³/mol. The lowest BCUT2D eigenvalue weighted by atomic mass is 9.59. The topological polar surface area (TPSA) is 101 Å². The number of Topliss-reactive ketones (excluding diaryl/α,β-unsaturated/α-hetero) is 1. The number of phenols is 1. The Morgan fingerprint density at radius 3 is 2.60 bits per heavy atom. The number of ketones is 2. The van der Waals surface area contributed by atoms with Crippen LogP contribution in [0.1, 0.15) is 44.6 Å². The summed E-state index contributed by atoms with van der Waals surface area (Å²) in [4.78, 5) is 54.3. The minimum Gasteiger partial charge on any atom is -0.504 e. The third-order valence-electron chi connectivity index (χ3n) is 7.49. The number of likely N-dealkylation sites (tertiary alicyclic amines) is 1. The second-order valence-corrected chi connectivity index (χ2v) is 10.2. The number of benzene rings is 1. The number of aromatic hydroxyl groups is 1. The Kier molecular flexibility index (Phi) is 6.03. The fourth-order valence-electron chi connectivity index (χ4n) is 6.08. The van der Waals surface area contributed by atoms with Gasteiger partial charge in [-0.15, -0.1) is 0 Å². The van der Waals surface area contributed by atoms with Gasteiger partial charge in [-0.2, -0.15) is 0 Å². The van der Waals surface area contributed by atoms with Gasteiger partial charge in [0.25, 0.3) is 0 Å².